The number of aliphatic imine (C=N–C) groups is 1. The second-order valence-corrected chi connectivity index (χ2v) is 9.22. The molecule has 0 saturated carbocycles. The molecule has 9 heteroatoms. The van der Waals surface area contributed by atoms with Gasteiger partial charge in [-0.3, -0.25) is 19.7 Å². The van der Waals surface area contributed by atoms with E-state index in [-0.39, 0.29) is 11.8 Å². The highest BCUT2D eigenvalue weighted by molar-refractivity contribution is 5.95. The minimum Gasteiger partial charge on any atom is -0.338 e. The molecule has 0 radical (unpaired) electrons. The maximum absolute atomic E-state index is 12.2. The summed E-state index contributed by atoms with van der Waals surface area (Å²) in [4.78, 5) is 43.1. The van der Waals surface area contributed by atoms with Crippen molar-refractivity contribution in [3.05, 3.63) is 84.8 Å². The molecule has 186 valence electrons. The van der Waals surface area contributed by atoms with Gasteiger partial charge in [-0.1, -0.05) is 26.0 Å². The Bertz CT molecular complexity index is 1720. The Morgan fingerprint density at radius 1 is 1.00 bits per heavy atom. The highest BCUT2D eigenvalue weighted by Crippen LogP contribution is 2.35. The Morgan fingerprint density at radius 3 is 2.74 bits per heavy atom. The molecule has 0 aliphatic carbocycles. The zero-order valence-corrected chi connectivity index (χ0v) is 20.9. The predicted octanol–water partition coefficient (Wildman–Crippen LogP) is 5.61. The minimum atomic E-state index is -0.129. The SMILES string of the molecule is CC(C)C(=O)Nc1cncc(-c2cnc3c(c2)C(c2nc4c(-c5ccccn5)nccc4[nH]2)=CCC=N3)c1. The van der Waals surface area contributed by atoms with E-state index in [0.29, 0.717) is 23.8 Å². The van der Waals surface area contributed by atoms with Crippen LogP contribution >= 0.6 is 0 Å². The van der Waals surface area contributed by atoms with E-state index in [1.807, 2.05) is 56.5 Å². The van der Waals surface area contributed by atoms with Crippen LogP contribution in [0.15, 0.2) is 78.5 Å². The first-order valence-corrected chi connectivity index (χ1v) is 12.3. The molecule has 0 bridgehead atoms. The summed E-state index contributed by atoms with van der Waals surface area (Å²) in [5.74, 6) is 1.12. The standard InChI is InChI=1S/C29H24N8O/c1-17(2)29(38)35-20-12-18(14-30-16-20)19-13-22-21(6-5-10-33-27(22)34-15-19)28-36-24-8-11-32-25(26(24)37-28)23-7-3-4-9-31-23/h3-4,6-17H,5H2,1-2H3,(H,35,38)(H,36,37). The molecular weight excluding hydrogens is 476 g/mol. The van der Waals surface area contributed by atoms with Gasteiger partial charge in [0.05, 0.1) is 23.1 Å². The molecule has 1 aliphatic rings. The van der Waals surface area contributed by atoms with E-state index in [2.05, 4.69) is 41.3 Å². The van der Waals surface area contributed by atoms with Crippen LogP contribution in [0.3, 0.4) is 0 Å². The van der Waals surface area contributed by atoms with E-state index in [1.165, 1.54) is 0 Å². The second kappa shape index (κ2) is 9.78. The third-order valence-corrected chi connectivity index (χ3v) is 6.22. The first-order chi connectivity index (χ1) is 18.6. The molecule has 9 nitrogen and oxygen atoms in total. The number of nitrogens with one attached hydrogen (secondary N) is 2. The summed E-state index contributed by atoms with van der Waals surface area (Å²) in [5.41, 5.74) is 7.15. The zero-order valence-electron chi connectivity index (χ0n) is 20.9. The number of allylic oxidation sites excluding steroid dienone is 1. The van der Waals surface area contributed by atoms with Gasteiger partial charge in [0, 0.05) is 65.6 Å². The molecule has 0 saturated heterocycles. The van der Waals surface area contributed by atoms with Gasteiger partial charge in [0.1, 0.15) is 17.0 Å². The number of imidazole rings is 1. The van der Waals surface area contributed by atoms with Gasteiger partial charge >= 0.3 is 0 Å². The first kappa shape index (κ1) is 23.4. The number of anilines is 1. The molecule has 1 amide bonds. The summed E-state index contributed by atoms with van der Waals surface area (Å²) >= 11 is 0. The molecule has 2 N–H and O–H groups in total. The van der Waals surface area contributed by atoms with E-state index in [9.17, 15) is 4.79 Å². The number of H-pyrrole nitrogens is 1. The van der Waals surface area contributed by atoms with Crippen LogP contribution in [-0.4, -0.2) is 42.0 Å². The maximum atomic E-state index is 12.2. The van der Waals surface area contributed by atoms with Gasteiger partial charge in [0.25, 0.3) is 0 Å². The molecule has 1 aliphatic heterocycles. The topological polar surface area (TPSA) is 122 Å². The molecule has 38 heavy (non-hydrogen) atoms. The lowest BCUT2D eigenvalue weighted by Crippen LogP contribution is -2.17. The number of fused-ring (bicyclic) bond motifs is 2. The number of carbonyl (C=O) groups excluding carboxylic acids is 1. The van der Waals surface area contributed by atoms with Gasteiger partial charge in [-0.2, -0.15) is 0 Å². The van der Waals surface area contributed by atoms with Crippen molar-refractivity contribution in [3.8, 4) is 22.5 Å². The van der Waals surface area contributed by atoms with Crippen molar-refractivity contribution < 1.29 is 4.79 Å². The zero-order chi connectivity index (χ0) is 26.1. The lowest BCUT2D eigenvalue weighted by atomic mass is 10.0. The molecular formula is C29H24N8O. The Hall–Kier alpha value is -5.05. The average Bonchev–Trinajstić information content (AvgIpc) is 3.26. The van der Waals surface area contributed by atoms with Gasteiger partial charge in [-0.05, 0) is 30.3 Å². The van der Waals surface area contributed by atoms with Gasteiger partial charge in [0.2, 0.25) is 5.91 Å². The van der Waals surface area contributed by atoms with E-state index >= 15 is 0 Å². The van der Waals surface area contributed by atoms with Crippen LogP contribution in [0.1, 0.15) is 31.7 Å². The van der Waals surface area contributed by atoms with Crippen LogP contribution < -0.4 is 5.32 Å². The number of aromatic nitrogens is 6. The molecule has 0 unspecified atom stereocenters. The average molecular weight is 501 g/mol. The smallest absolute Gasteiger partial charge is 0.226 e. The molecule has 5 aromatic heterocycles. The Balaban J connectivity index is 1.42. The highest BCUT2D eigenvalue weighted by atomic mass is 16.1. The fraction of sp³-hybridized carbons (Fsp3) is 0.138. The number of rotatable bonds is 5. The third-order valence-electron chi connectivity index (χ3n) is 6.22. The summed E-state index contributed by atoms with van der Waals surface area (Å²) < 4.78 is 0. The number of aromatic amines is 1. The minimum absolute atomic E-state index is 0.0620. The van der Waals surface area contributed by atoms with Crippen LogP contribution in [0.25, 0.3) is 39.1 Å². The molecule has 0 fully saturated rings. The number of nitrogens with zero attached hydrogens (tertiary/aromatic N) is 6. The van der Waals surface area contributed by atoms with Gasteiger partial charge in [-0.25, -0.2) is 15.0 Å². The summed E-state index contributed by atoms with van der Waals surface area (Å²) in [7, 11) is 0. The Morgan fingerprint density at radius 2 is 1.89 bits per heavy atom. The third kappa shape index (κ3) is 4.45. The summed E-state index contributed by atoms with van der Waals surface area (Å²) in [6.45, 7) is 3.70. The van der Waals surface area contributed by atoms with Gasteiger partial charge < -0.3 is 10.3 Å². The van der Waals surface area contributed by atoms with Crippen LogP contribution in [0.2, 0.25) is 0 Å². The largest absolute Gasteiger partial charge is 0.338 e. The van der Waals surface area contributed by atoms with Crippen molar-refractivity contribution in [1.29, 1.82) is 0 Å². The number of carbonyl (C=O) groups is 1. The van der Waals surface area contributed by atoms with Crippen molar-refractivity contribution in [2.24, 2.45) is 10.9 Å². The number of hydrogen-bond acceptors (Lipinski definition) is 7. The van der Waals surface area contributed by atoms with Crippen LogP contribution in [0, 0.1) is 5.92 Å². The van der Waals surface area contributed by atoms with E-state index in [0.717, 1.165) is 44.7 Å². The van der Waals surface area contributed by atoms with Crippen molar-refractivity contribution in [1.82, 2.24) is 29.9 Å². The maximum Gasteiger partial charge on any atom is 0.226 e. The van der Waals surface area contributed by atoms with E-state index < -0.39 is 0 Å². The fourth-order valence-corrected chi connectivity index (χ4v) is 4.27. The van der Waals surface area contributed by atoms with E-state index in [4.69, 9.17) is 4.98 Å². The lowest BCUT2D eigenvalue weighted by molar-refractivity contribution is -0.118. The second-order valence-electron chi connectivity index (χ2n) is 9.22. The number of hydrogen-bond donors (Lipinski definition) is 2. The molecule has 6 heterocycles. The van der Waals surface area contributed by atoms with Crippen molar-refractivity contribution in [3.63, 3.8) is 0 Å². The van der Waals surface area contributed by atoms with Crippen LogP contribution in [0.5, 0.6) is 0 Å². The lowest BCUT2D eigenvalue weighted by Gasteiger charge is -2.11. The normalized spacial score (nSPS) is 12.8. The van der Waals surface area contributed by atoms with Gasteiger partial charge in [0.15, 0.2) is 5.82 Å². The highest BCUT2D eigenvalue weighted by Gasteiger charge is 2.19. The molecule has 0 spiro atoms. The predicted molar refractivity (Wildman–Crippen MR) is 148 cm³/mol. The Kier molecular flexibility index (Phi) is 6.01. The molecule has 0 atom stereocenters. The fourth-order valence-electron chi connectivity index (χ4n) is 4.27. The number of pyridine rings is 4. The van der Waals surface area contributed by atoms with Gasteiger partial charge in [-0.15, -0.1) is 0 Å². The molecule has 5 aromatic rings. The Labute approximate surface area is 218 Å². The summed E-state index contributed by atoms with van der Waals surface area (Å²) in [5, 5.41) is 2.91. The van der Waals surface area contributed by atoms with Crippen molar-refractivity contribution >= 4 is 40.2 Å². The van der Waals surface area contributed by atoms with E-state index in [1.54, 1.807) is 31.0 Å². The van der Waals surface area contributed by atoms with Crippen LogP contribution in [0.4, 0.5) is 11.5 Å². The van der Waals surface area contributed by atoms with Crippen LogP contribution in [-0.2, 0) is 4.79 Å². The van der Waals surface area contributed by atoms with Crippen molar-refractivity contribution in [2.75, 3.05) is 5.32 Å². The molecule has 6 rings (SSSR count). The molecule has 0 aromatic carbocycles. The van der Waals surface area contributed by atoms with Crippen molar-refractivity contribution in [2.45, 2.75) is 20.3 Å². The summed E-state index contributed by atoms with van der Waals surface area (Å²) in [6.07, 6.45) is 13.2. The number of amides is 1. The summed E-state index contributed by atoms with van der Waals surface area (Å²) in [6, 6.07) is 11.6. The quantitative estimate of drug-likeness (QED) is 0.323. The first-order valence-electron chi connectivity index (χ1n) is 12.3. The monoisotopic (exact) mass is 500 g/mol.